The number of rotatable bonds is 5. The number of methoxy groups -OCH3 is 1. The van der Waals surface area contributed by atoms with E-state index in [1.54, 1.807) is 0 Å². The molecule has 0 aliphatic carbocycles. The molecule has 0 aliphatic rings. The molecule has 1 aromatic rings. The molecule has 1 amide bonds. The van der Waals surface area contributed by atoms with Gasteiger partial charge in [-0.15, -0.1) is 12.3 Å². The lowest BCUT2D eigenvalue weighted by atomic mass is 10.1. The molecule has 0 heterocycles. The van der Waals surface area contributed by atoms with Crippen molar-refractivity contribution in [1.82, 2.24) is 5.32 Å². The average Bonchev–Trinajstić information content (AvgIpc) is 2.45. The van der Waals surface area contributed by atoms with Gasteiger partial charge in [-0.25, -0.2) is 9.59 Å². The molecule has 104 valence electrons. The number of aliphatic carboxylic acids is 1. The van der Waals surface area contributed by atoms with Crippen LogP contribution in [0.2, 0.25) is 0 Å². The molecule has 0 fully saturated rings. The Morgan fingerprint density at radius 1 is 1.40 bits per heavy atom. The van der Waals surface area contributed by atoms with Gasteiger partial charge in [0.25, 0.3) is 5.91 Å². The van der Waals surface area contributed by atoms with Crippen LogP contribution in [-0.2, 0) is 9.53 Å². The van der Waals surface area contributed by atoms with Crippen LogP contribution in [0.1, 0.15) is 27.1 Å². The zero-order chi connectivity index (χ0) is 15.1. The lowest BCUT2D eigenvalue weighted by Gasteiger charge is -2.12. The second-order valence-corrected chi connectivity index (χ2v) is 3.84. The third kappa shape index (κ3) is 3.85. The predicted molar refractivity (Wildman–Crippen MR) is 70.1 cm³/mol. The fourth-order valence-corrected chi connectivity index (χ4v) is 1.46. The summed E-state index contributed by atoms with van der Waals surface area (Å²) in [6, 6.07) is 4.58. The van der Waals surface area contributed by atoms with E-state index >= 15 is 0 Å². The van der Waals surface area contributed by atoms with Gasteiger partial charge in [-0.3, -0.25) is 4.79 Å². The lowest BCUT2D eigenvalue weighted by molar-refractivity contribution is -0.139. The molecular formula is C14H13NO5. The van der Waals surface area contributed by atoms with E-state index in [2.05, 4.69) is 16.0 Å². The van der Waals surface area contributed by atoms with Gasteiger partial charge in [0.05, 0.1) is 12.7 Å². The van der Waals surface area contributed by atoms with Crippen molar-refractivity contribution in [2.24, 2.45) is 0 Å². The Morgan fingerprint density at radius 2 is 2.05 bits per heavy atom. The predicted octanol–water partition coefficient (Wildman–Crippen LogP) is 0.679. The minimum Gasteiger partial charge on any atom is -0.480 e. The van der Waals surface area contributed by atoms with Crippen LogP contribution >= 0.6 is 0 Å². The van der Waals surface area contributed by atoms with Crippen LogP contribution in [0.3, 0.4) is 0 Å². The minimum atomic E-state index is -1.22. The summed E-state index contributed by atoms with van der Waals surface area (Å²) in [5, 5.41) is 11.2. The summed E-state index contributed by atoms with van der Waals surface area (Å²) >= 11 is 0. The van der Waals surface area contributed by atoms with Crippen LogP contribution in [0.15, 0.2) is 24.3 Å². The maximum absolute atomic E-state index is 11.9. The van der Waals surface area contributed by atoms with Gasteiger partial charge in [0, 0.05) is 12.0 Å². The van der Waals surface area contributed by atoms with Gasteiger partial charge in [-0.1, -0.05) is 6.07 Å². The van der Waals surface area contributed by atoms with Crippen molar-refractivity contribution in [1.29, 1.82) is 0 Å². The Hall–Kier alpha value is -2.81. The molecule has 0 unspecified atom stereocenters. The van der Waals surface area contributed by atoms with E-state index in [9.17, 15) is 14.4 Å². The third-order valence-corrected chi connectivity index (χ3v) is 2.47. The zero-order valence-corrected chi connectivity index (χ0v) is 10.8. The van der Waals surface area contributed by atoms with Crippen molar-refractivity contribution in [3.63, 3.8) is 0 Å². The number of benzene rings is 1. The monoisotopic (exact) mass is 275 g/mol. The molecule has 1 rings (SSSR count). The Morgan fingerprint density at radius 3 is 2.60 bits per heavy atom. The van der Waals surface area contributed by atoms with Crippen LogP contribution in [0.4, 0.5) is 0 Å². The highest BCUT2D eigenvalue weighted by molar-refractivity contribution is 5.99. The van der Waals surface area contributed by atoms with Crippen molar-refractivity contribution in [3.05, 3.63) is 35.4 Å². The van der Waals surface area contributed by atoms with Crippen LogP contribution in [-0.4, -0.2) is 36.1 Å². The molecule has 1 aromatic carbocycles. The smallest absolute Gasteiger partial charge is 0.337 e. The molecular weight excluding hydrogens is 262 g/mol. The number of carboxylic acids is 1. The molecule has 1 atom stereocenters. The molecule has 0 aliphatic heterocycles. The van der Waals surface area contributed by atoms with Gasteiger partial charge >= 0.3 is 11.9 Å². The van der Waals surface area contributed by atoms with E-state index in [0.29, 0.717) is 0 Å². The summed E-state index contributed by atoms with van der Waals surface area (Å²) < 4.78 is 4.54. The van der Waals surface area contributed by atoms with E-state index in [-0.39, 0.29) is 17.5 Å². The van der Waals surface area contributed by atoms with Crippen LogP contribution in [0, 0.1) is 12.3 Å². The number of esters is 1. The maximum atomic E-state index is 11.9. The molecule has 0 spiro atoms. The molecule has 6 heteroatoms. The summed E-state index contributed by atoms with van der Waals surface area (Å²) in [6.07, 6.45) is 4.91. The third-order valence-electron chi connectivity index (χ3n) is 2.47. The van der Waals surface area contributed by atoms with Gasteiger partial charge in [0.1, 0.15) is 6.04 Å². The van der Waals surface area contributed by atoms with Gasteiger partial charge in [-0.2, -0.15) is 0 Å². The highest BCUT2D eigenvalue weighted by Gasteiger charge is 2.20. The fourth-order valence-electron chi connectivity index (χ4n) is 1.46. The normalized spacial score (nSPS) is 11.0. The number of hydrogen-bond acceptors (Lipinski definition) is 4. The Kier molecular flexibility index (Phi) is 5.30. The van der Waals surface area contributed by atoms with Crippen molar-refractivity contribution in [2.45, 2.75) is 12.5 Å². The topological polar surface area (TPSA) is 92.7 Å². The number of carboxylic acid groups (broad SMARTS) is 1. The van der Waals surface area contributed by atoms with Crippen molar-refractivity contribution in [2.75, 3.05) is 7.11 Å². The summed E-state index contributed by atoms with van der Waals surface area (Å²) in [4.78, 5) is 34.1. The minimum absolute atomic E-state index is 0.127. The summed E-state index contributed by atoms with van der Waals surface area (Å²) in [6.45, 7) is 0. The van der Waals surface area contributed by atoms with E-state index in [4.69, 9.17) is 11.5 Å². The first kappa shape index (κ1) is 15.2. The number of carbonyl (C=O) groups excluding carboxylic acids is 2. The second-order valence-electron chi connectivity index (χ2n) is 3.84. The van der Waals surface area contributed by atoms with Gasteiger partial charge in [0.2, 0.25) is 0 Å². The molecule has 20 heavy (non-hydrogen) atoms. The molecule has 0 bridgehead atoms. The van der Waals surface area contributed by atoms with Crippen LogP contribution in [0.25, 0.3) is 0 Å². The average molecular weight is 275 g/mol. The van der Waals surface area contributed by atoms with Gasteiger partial charge in [-0.05, 0) is 18.2 Å². The number of carbonyl (C=O) groups is 3. The molecule has 0 aromatic heterocycles. The maximum Gasteiger partial charge on any atom is 0.337 e. The lowest BCUT2D eigenvalue weighted by Crippen LogP contribution is -2.40. The van der Waals surface area contributed by atoms with Crippen molar-refractivity contribution < 1.29 is 24.2 Å². The first-order valence-electron chi connectivity index (χ1n) is 5.65. The molecule has 0 saturated carbocycles. The Balaban J connectivity index is 2.90. The number of nitrogens with one attached hydrogen (secondary N) is 1. The first-order chi connectivity index (χ1) is 9.49. The number of amides is 1. The van der Waals surface area contributed by atoms with Crippen molar-refractivity contribution >= 4 is 17.8 Å². The molecule has 2 N–H and O–H groups in total. The first-order valence-corrected chi connectivity index (χ1v) is 5.65. The van der Waals surface area contributed by atoms with E-state index in [0.717, 1.165) is 0 Å². The quantitative estimate of drug-likeness (QED) is 0.609. The Bertz CT molecular complexity index is 573. The zero-order valence-electron chi connectivity index (χ0n) is 10.8. The number of terminal acetylenes is 1. The van der Waals surface area contributed by atoms with E-state index in [1.165, 1.54) is 31.4 Å². The summed E-state index contributed by atoms with van der Waals surface area (Å²) in [5.41, 5.74) is 0.347. The van der Waals surface area contributed by atoms with Crippen LogP contribution < -0.4 is 5.32 Å². The van der Waals surface area contributed by atoms with Crippen molar-refractivity contribution in [3.8, 4) is 12.3 Å². The van der Waals surface area contributed by atoms with Crippen LogP contribution in [0.5, 0.6) is 0 Å². The number of ether oxygens (including phenoxy) is 1. The van der Waals surface area contributed by atoms with E-state index < -0.39 is 23.9 Å². The Labute approximate surface area is 115 Å². The number of hydrogen-bond donors (Lipinski definition) is 2. The van der Waals surface area contributed by atoms with Gasteiger partial charge < -0.3 is 15.2 Å². The highest BCUT2D eigenvalue weighted by Crippen LogP contribution is 2.07. The highest BCUT2D eigenvalue weighted by atomic mass is 16.5. The molecule has 0 saturated heterocycles. The summed E-state index contributed by atoms with van der Waals surface area (Å²) in [7, 11) is 1.22. The molecule has 0 radical (unpaired) electrons. The standard InChI is InChI=1S/C14H13NO5/c1-3-5-11(13(17)18)15-12(16)9-6-4-7-10(8-9)14(19)20-2/h1,4,6-8,11H,5H2,2H3,(H,15,16)(H,17,18)/t11-/m1/s1. The summed E-state index contributed by atoms with van der Waals surface area (Å²) in [5.74, 6) is -0.258. The fraction of sp³-hybridized carbons (Fsp3) is 0.214. The largest absolute Gasteiger partial charge is 0.480 e. The second kappa shape index (κ2) is 6.95. The van der Waals surface area contributed by atoms with E-state index in [1.807, 2.05) is 0 Å². The van der Waals surface area contributed by atoms with Gasteiger partial charge in [0.15, 0.2) is 0 Å². The molecule has 6 nitrogen and oxygen atoms in total. The SMILES string of the molecule is C#CC[C@@H](NC(=O)c1cccc(C(=O)OC)c1)C(=O)O.